The Morgan fingerprint density at radius 2 is 1.29 bits per heavy atom. The summed E-state index contributed by atoms with van der Waals surface area (Å²) in [6.45, 7) is 12.9. The van der Waals surface area contributed by atoms with Crippen LogP contribution in [0.5, 0.6) is 0 Å². The highest BCUT2D eigenvalue weighted by atomic mass is 16.2. The number of hydrogen-bond donors (Lipinski definition) is 0. The normalized spacial score (nSPS) is 15.1. The fourth-order valence-corrected chi connectivity index (χ4v) is 1.62. The van der Waals surface area contributed by atoms with E-state index in [-0.39, 0.29) is 17.0 Å². The monoisotopic (exact) mass is 198 g/mol. The number of ketones is 2. The van der Waals surface area contributed by atoms with E-state index in [2.05, 4.69) is 0 Å². The van der Waals surface area contributed by atoms with Crippen LogP contribution in [0.25, 0.3) is 0 Å². The maximum atomic E-state index is 12.0. The Hall–Kier alpha value is -0.660. The summed E-state index contributed by atoms with van der Waals surface area (Å²) in [6.07, 6.45) is 0. The summed E-state index contributed by atoms with van der Waals surface area (Å²) in [4.78, 5) is 23.5. The van der Waals surface area contributed by atoms with E-state index in [0.717, 1.165) is 0 Å². The zero-order valence-electron chi connectivity index (χ0n) is 10.4. The third-order valence-corrected chi connectivity index (χ3v) is 2.27. The molecule has 0 aromatic carbocycles. The number of Topliss-reactive ketones (excluding diaryl/α,β-unsaturated/α-hetero) is 2. The van der Waals surface area contributed by atoms with Crippen molar-refractivity contribution in [3.05, 3.63) is 0 Å². The first-order valence-corrected chi connectivity index (χ1v) is 5.02. The molecule has 0 spiro atoms. The van der Waals surface area contributed by atoms with Gasteiger partial charge in [0.2, 0.25) is 0 Å². The Bertz CT molecular complexity index is 238. The lowest BCUT2D eigenvalue weighted by Gasteiger charge is -2.32. The molecular formula is C12H22O2. The molecule has 82 valence electrons. The van der Waals surface area contributed by atoms with Gasteiger partial charge < -0.3 is 0 Å². The Balaban J connectivity index is 5.07. The molecule has 0 fully saturated rings. The Labute approximate surface area is 87.1 Å². The fraction of sp³-hybridized carbons (Fsp3) is 0.833. The van der Waals surface area contributed by atoms with Gasteiger partial charge in [-0.1, -0.05) is 41.5 Å². The van der Waals surface area contributed by atoms with Crippen molar-refractivity contribution in [3.63, 3.8) is 0 Å². The molecule has 0 aromatic heterocycles. The van der Waals surface area contributed by atoms with Crippen molar-refractivity contribution in [1.82, 2.24) is 0 Å². The number of hydrogen-bond acceptors (Lipinski definition) is 2. The van der Waals surface area contributed by atoms with E-state index >= 15 is 0 Å². The third kappa shape index (κ3) is 3.24. The molecule has 2 nitrogen and oxygen atoms in total. The molecule has 0 aliphatic carbocycles. The topological polar surface area (TPSA) is 34.1 Å². The van der Waals surface area contributed by atoms with Crippen molar-refractivity contribution >= 4 is 11.6 Å². The first kappa shape index (κ1) is 13.3. The van der Waals surface area contributed by atoms with Crippen LogP contribution >= 0.6 is 0 Å². The van der Waals surface area contributed by atoms with Crippen molar-refractivity contribution in [2.24, 2.45) is 16.7 Å². The molecule has 0 saturated heterocycles. The molecule has 0 N–H and O–H groups in total. The largest absolute Gasteiger partial charge is 0.299 e. The molecule has 0 aromatic rings. The highest BCUT2D eigenvalue weighted by Gasteiger charge is 2.39. The lowest BCUT2D eigenvalue weighted by molar-refractivity contribution is -0.141. The van der Waals surface area contributed by atoms with Gasteiger partial charge in [-0.2, -0.15) is 0 Å². The van der Waals surface area contributed by atoms with Crippen LogP contribution < -0.4 is 0 Å². The van der Waals surface area contributed by atoms with E-state index < -0.39 is 11.3 Å². The molecule has 1 atom stereocenters. The second-order valence-electron chi connectivity index (χ2n) is 6.02. The summed E-state index contributed by atoms with van der Waals surface area (Å²) < 4.78 is 0. The Morgan fingerprint density at radius 3 is 1.36 bits per heavy atom. The van der Waals surface area contributed by atoms with Gasteiger partial charge in [0, 0.05) is 5.41 Å². The first-order chi connectivity index (χ1) is 5.98. The van der Waals surface area contributed by atoms with Crippen LogP contribution in [0.1, 0.15) is 48.5 Å². The van der Waals surface area contributed by atoms with E-state index in [0.29, 0.717) is 0 Å². The van der Waals surface area contributed by atoms with Gasteiger partial charge in [0.15, 0.2) is 0 Å². The first-order valence-electron chi connectivity index (χ1n) is 5.02. The van der Waals surface area contributed by atoms with Crippen molar-refractivity contribution in [2.45, 2.75) is 48.5 Å². The molecule has 0 aliphatic rings. The molecule has 2 heteroatoms. The minimum atomic E-state index is -0.484. The Kier molecular flexibility index (Phi) is 3.65. The molecule has 0 radical (unpaired) electrons. The summed E-state index contributed by atoms with van der Waals surface area (Å²) in [5, 5.41) is 0. The van der Waals surface area contributed by atoms with Crippen molar-refractivity contribution in [1.29, 1.82) is 0 Å². The third-order valence-electron chi connectivity index (χ3n) is 2.27. The second kappa shape index (κ2) is 3.84. The van der Waals surface area contributed by atoms with E-state index in [4.69, 9.17) is 0 Å². The summed E-state index contributed by atoms with van der Waals surface area (Å²) in [6, 6.07) is 0. The number of carbonyl (C=O) groups excluding carboxylic acids is 2. The number of rotatable bonds is 2. The fourth-order valence-electron chi connectivity index (χ4n) is 1.62. The van der Waals surface area contributed by atoms with E-state index in [1.54, 1.807) is 0 Å². The predicted octanol–water partition coefficient (Wildman–Crippen LogP) is 2.85. The van der Waals surface area contributed by atoms with Crippen LogP contribution in [0.2, 0.25) is 0 Å². The van der Waals surface area contributed by atoms with Crippen molar-refractivity contribution in [2.75, 3.05) is 0 Å². The lowest BCUT2D eigenvalue weighted by Crippen LogP contribution is -2.40. The summed E-state index contributed by atoms with van der Waals surface area (Å²) in [5.41, 5.74) is -0.722. The lowest BCUT2D eigenvalue weighted by atomic mass is 9.69. The number of carbonyl (C=O) groups is 2. The van der Waals surface area contributed by atoms with Gasteiger partial charge in [-0.3, -0.25) is 9.59 Å². The summed E-state index contributed by atoms with van der Waals surface area (Å²) in [7, 11) is 0. The molecule has 14 heavy (non-hydrogen) atoms. The van der Waals surface area contributed by atoms with Gasteiger partial charge in [0.05, 0.1) is 5.92 Å². The smallest absolute Gasteiger partial charge is 0.149 e. The molecular weight excluding hydrogens is 176 g/mol. The quantitative estimate of drug-likeness (QED) is 0.639. The van der Waals surface area contributed by atoms with E-state index in [1.165, 1.54) is 6.92 Å². The maximum absolute atomic E-state index is 12.0. The van der Waals surface area contributed by atoms with Crippen LogP contribution in [0, 0.1) is 16.7 Å². The SMILES string of the molecule is CC(=O)C(C(=O)C(C)(C)C)C(C)(C)C. The maximum Gasteiger partial charge on any atom is 0.149 e. The van der Waals surface area contributed by atoms with Gasteiger partial charge in [0.1, 0.15) is 11.6 Å². The molecule has 0 amide bonds. The minimum absolute atomic E-state index is 0.0302. The summed E-state index contributed by atoms with van der Waals surface area (Å²) >= 11 is 0. The standard InChI is InChI=1S/C12H22O2/c1-8(13)9(11(2,3)4)10(14)12(5,6)7/h9H,1-7H3. The van der Waals surface area contributed by atoms with Gasteiger partial charge in [-0.25, -0.2) is 0 Å². The molecule has 1 unspecified atom stereocenters. The minimum Gasteiger partial charge on any atom is -0.299 e. The van der Waals surface area contributed by atoms with Crippen LogP contribution in [-0.4, -0.2) is 11.6 Å². The molecule has 0 heterocycles. The van der Waals surface area contributed by atoms with Gasteiger partial charge in [-0.05, 0) is 12.3 Å². The average Bonchev–Trinajstić information content (AvgIpc) is 1.79. The molecule has 0 aliphatic heterocycles. The van der Waals surface area contributed by atoms with Crippen LogP contribution in [0.4, 0.5) is 0 Å². The average molecular weight is 198 g/mol. The van der Waals surface area contributed by atoms with E-state index in [1.807, 2.05) is 41.5 Å². The molecule has 0 saturated carbocycles. The van der Waals surface area contributed by atoms with Crippen LogP contribution in [-0.2, 0) is 9.59 Å². The predicted molar refractivity (Wildman–Crippen MR) is 58.1 cm³/mol. The zero-order chi connectivity index (χ0) is 11.7. The van der Waals surface area contributed by atoms with Crippen molar-refractivity contribution in [3.8, 4) is 0 Å². The molecule has 0 bridgehead atoms. The van der Waals surface area contributed by atoms with Gasteiger partial charge in [0.25, 0.3) is 0 Å². The molecule has 0 rings (SSSR count). The highest BCUT2D eigenvalue weighted by Crippen LogP contribution is 2.33. The summed E-state index contributed by atoms with van der Waals surface area (Å²) in [5.74, 6) is -0.475. The Morgan fingerprint density at radius 1 is 0.929 bits per heavy atom. The zero-order valence-corrected chi connectivity index (χ0v) is 10.4. The van der Waals surface area contributed by atoms with Crippen LogP contribution in [0.15, 0.2) is 0 Å². The van der Waals surface area contributed by atoms with Gasteiger partial charge >= 0.3 is 0 Å². The van der Waals surface area contributed by atoms with E-state index in [9.17, 15) is 9.59 Å². The second-order valence-corrected chi connectivity index (χ2v) is 6.02. The van der Waals surface area contributed by atoms with Crippen molar-refractivity contribution < 1.29 is 9.59 Å². The highest BCUT2D eigenvalue weighted by molar-refractivity contribution is 6.04. The van der Waals surface area contributed by atoms with Crippen LogP contribution in [0.3, 0.4) is 0 Å². The van der Waals surface area contributed by atoms with Gasteiger partial charge in [-0.15, -0.1) is 0 Å².